The third-order valence-corrected chi connectivity index (χ3v) is 4.40. The van der Waals surface area contributed by atoms with Crippen LogP contribution in [0.2, 0.25) is 0 Å². The van der Waals surface area contributed by atoms with E-state index < -0.39 is 0 Å². The van der Waals surface area contributed by atoms with Crippen LogP contribution in [0.1, 0.15) is 54.8 Å². The molecule has 0 aromatic heterocycles. The Morgan fingerprint density at radius 3 is 2.78 bits per heavy atom. The van der Waals surface area contributed by atoms with Crippen molar-refractivity contribution in [2.45, 2.75) is 51.0 Å². The zero-order valence-corrected chi connectivity index (χ0v) is 11.3. The van der Waals surface area contributed by atoms with Crippen LogP contribution in [0, 0.1) is 0 Å². The minimum Gasteiger partial charge on any atom is -0.496 e. The van der Waals surface area contributed by atoms with Gasteiger partial charge in [0.15, 0.2) is 0 Å². The van der Waals surface area contributed by atoms with E-state index in [1.165, 1.54) is 67.4 Å². The van der Waals surface area contributed by atoms with Crippen molar-refractivity contribution in [2.75, 3.05) is 13.7 Å². The van der Waals surface area contributed by atoms with Gasteiger partial charge in [0.25, 0.3) is 0 Å². The Bertz CT molecular complexity index is 421. The number of methoxy groups -OCH3 is 1. The smallest absolute Gasteiger partial charge is 0.127 e. The molecule has 98 valence electrons. The van der Waals surface area contributed by atoms with Gasteiger partial charge in [0.05, 0.1) is 7.11 Å². The number of benzene rings is 1. The Balaban J connectivity index is 1.98. The topological polar surface area (TPSA) is 21.3 Å². The molecule has 1 atom stereocenters. The normalized spacial score (nSPS) is 23.5. The van der Waals surface area contributed by atoms with Crippen molar-refractivity contribution >= 4 is 0 Å². The summed E-state index contributed by atoms with van der Waals surface area (Å²) >= 11 is 0. The molecular formula is C16H23NO. The minimum atomic E-state index is 0.501. The van der Waals surface area contributed by atoms with Gasteiger partial charge in [-0.25, -0.2) is 0 Å². The van der Waals surface area contributed by atoms with Crippen molar-refractivity contribution in [1.82, 2.24) is 5.32 Å². The highest BCUT2D eigenvalue weighted by atomic mass is 16.5. The van der Waals surface area contributed by atoms with Gasteiger partial charge >= 0.3 is 0 Å². The predicted molar refractivity (Wildman–Crippen MR) is 74.2 cm³/mol. The maximum atomic E-state index is 5.76. The molecule has 1 saturated heterocycles. The molecule has 0 radical (unpaired) electrons. The van der Waals surface area contributed by atoms with Crippen LogP contribution in [-0.2, 0) is 12.8 Å². The molecule has 0 spiro atoms. The minimum absolute atomic E-state index is 0.501. The van der Waals surface area contributed by atoms with Crippen LogP contribution in [0.15, 0.2) is 12.1 Å². The van der Waals surface area contributed by atoms with Crippen LogP contribution in [0.25, 0.3) is 0 Å². The maximum absolute atomic E-state index is 5.76. The lowest BCUT2D eigenvalue weighted by molar-refractivity contribution is 0.368. The van der Waals surface area contributed by atoms with Crippen LogP contribution < -0.4 is 10.1 Å². The number of hydrogen-bond acceptors (Lipinski definition) is 2. The zero-order valence-electron chi connectivity index (χ0n) is 11.3. The van der Waals surface area contributed by atoms with Gasteiger partial charge in [-0.1, -0.05) is 18.6 Å². The van der Waals surface area contributed by atoms with E-state index in [1.54, 1.807) is 0 Å². The Kier molecular flexibility index (Phi) is 3.55. The van der Waals surface area contributed by atoms with E-state index in [1.807, 2.05) is 7.11 Å². The first-order chi connectivity index (χ1) is 8.90. The van der Waals surface area contributed by atoms with E-state index in [-0.39, 0.29) is 0 Å². The third-order valence-electron chi connectivity index (χ3n) is 4.40. The van der Waals surface area contributed by atoms with Gasteiger partial charge in [-0.05, 0) is 56.2 Å². The Morgan fingerprint density at radius 2 is 2.00 bits per heavy atom. The van der Waals surface area contributed by atoms with Crippen LogP contribution in [0.4, 0.5) is 0 Å². The summed E-state index contributed by atoms with van der Waals surface area (Å²) in [6.45, 7) is 1.14. The molecule has 2 heteroatoms. The fourth-order valence-corrected chi connectivity index (χ4v) is 3.44. The second-order valence-electron chi connectivity index (χ2n) is 5.54. The first kappa shape index (κ1) is 12.0. The molecular weight excluding hydrogens is 222 g/mol. The first-order valence-corrected chi connectivity index (χ1v) is 7.32. The fourth-order valence-electron chi connectivity index (χ4n) is 3.44. The summed E-state index contributed by atoms with van der Waals surface area (Å²) in [5.74, 6) is 1.17. The summed E-state index contributed by atoms with van der Waals surface area (Å²) in [5.41, 5.74) is 4.38. The first-order valence-electron chi connectivity index (χ1n) is 7.32. The average Bonchev–Trinajstić information content (AvgIpc) is 2.47. The van der Waals surface area contributed by atoms with E-state index >= 15 is 0 Å². The summed E-state index contributed by atoms with van der Waals surface area (Å²) in [7, 11) is 1.83. The second kappa shape index (κ2) is 5.31. The largest absolute Gasteiger partial charge is 0.496 e. The summed E-state index contributed by atoms with van der Waals surface area (Å²) in [4.78, 5) is 0. The number of nitrogens with one attached hydrogen (secondary N) is 1. The predicted octanol–water partition coefficient (Wildman–Crippen LogP) is 3.39. The van der Waals surface area contributed by atoms with E-state index in [2.05, 4.69) is 17.4 Å². The second-order valence-corrected chi connectivity index (χ2v) is 5.54. The molecule has 2 aliphatic rings. The van der Waals surface area contributed by atoms with Crippen molar-refractivity contribution in [3.8, 4) is 5.75 Å². The highest BCUT2D eigenvalue weighted by molar-refractivity contribution is 5.49. The highest BCUT2D eigenvalue weighted by Crippen LogP contribution is 2.37. The Hall–Kier alpha value is -1.02. The van der Waals surface area contributed by atoms with Gasteiger partial charge in [-0.2, -0.15) is 0 Å². The van der Waals surface area contributed by atoms with Gasteiger partial charge in [0, 0.05) is 11.6 Å². The average molecular weight is 245 g/mol. The van der Waals surface area contributed by atoms with E-state index in [0.717, 1.165) is 6.54 Å². The summed E-state index contributed by atoms with van der Waals surface area (Å²) in [6, 6.07) is 5.13. The summed E-state index contributed by atoms with van der Waals surface area (Å²) < 4.78 is 5.76. The van der Waals surface area contributed by atoms with Crippen molar-refractivity contribution in [3.05, 3.63) is 28.8 Å². The molecule has 1 aliphatic heterocycles. The van der Waals surface area contributed by atoms with Gasteiger partial charge in [0.2, 0.25) is 0 Å². The molecule has 1 heterocycles. The summed E-state index contributed by atoms with van der Waals surface area (Å²) in [6.07, 6.45) is 8.95. The zero-order chi connectivity index (χ0) is 12.4. The fraction of sp³-hybridized carbons (Fsp3) is 0.625. The lowest BCUT2D eigenvalue weighted by atomic mass is 9.86. The SMILES string of the molecule is COc1c(C2CCCCN2)ccc2c1CCCC2. The van der Waals surface area contributed by atoms with Crippen molar-refractivity contribution < 1.29 is 4.74 Å². The van der Waals surface area contributed by atoms with Crippen LogP contribution in [-0.4, -0.2) is 13.7 Å². The number of fused-ring (bicyclic) bond motifs is 1. The molecule has 1 unspecified atom stereocenters. The molecule has 1 aromatic rings. The van der Waals surface area contributed by atoms with Crippen LogP contribution >= 0.6 is 0 Å². The molecule has 1 aliphatic carbocycles. The number of piperidine rings is 1. The van der Waals surface area contributed by atoms with E-state index in [9.17, 15) is 0 Å². The number of rotatable bonds is 2. The molecule has 0 bridgehead atoms. The van der Waals surface area contributed by atoms with Crippen molar-refractivity contribution in [3.63, 3.8) is 0 Å². The van der Waals surface area contributed by atoms with Crippen molar-refractivity contribution in [1.29, 1.82) is 0 Å². The molecule has 1 N–H and O–H groups in total. The molecule has 2 nitrogen and oxygen atoms in total. The molecule has 1 fully saturated rings. The van der Waals surface area contributed by atoms with Crippen LogP contribution in [0.5, 0.6) is 5.75 Å². The molecule has 0 amide bonds. The maximum Gasteiger partial charge on any atom is 0.127 e. The monoisotopic (exact) mass is 245 g/mol. The Morgan fingerprint density at radius 1 is 1.11 bits per heavy atom. The Labute approximate surface area is 110 Å². The molecule has 1 aromatic carbocycles. The molecule has 0 saturated carbocycles. The quantitative estimate of drug-likeness (QED) is 0.862. The van der Waals surface area contributed by atoms with Crippen LogP contribution in [0.3, 0.4) is 0 Å². The summed E-state index contributed by atoms with van der Waals surface area (Å²) in [5, 5.41) is 3.64. The highest BCUT2D eigenvalue weighted by Gasteiger charge is 2.23. The number of hydrogen-bond donors (Lipinski definition) is 1. The standard InChI is InChI=1S/C16H23NO/c1-18-16-13-7-3-2-6-12(13)9-10-14(16)15-8-4-5-11-17-15/h9-10,15,17H,2-8,11H2,1H3. The van der Waals surface area contributed by atoms with Gasteiger partial charge in [-0.3, -0.25) is 0 Å². The third kappa shape index (κ3) is 2.14. The molecule has 18 heavy (non-hydrogen) atoms. The number of aryl methyl sites for hydroxylation is 1. The van der Waals surface area contributed by atoms with E-state index in [0.29, 0.717) is 6.04 Å². The van der Waals surface area contributed by atoms with Crippen molar-refractivity contribution in [2.24, 2.45) is 0 Å². The molecule has 3 rings (SSSR count). The van der Waals surface area contributed by atoms with Gasteiger partial charge in [0.1, 0.15) is 5.75 Å². The number of ether oxygens (including phenoxy) is 1. The van der Waals surface area contributed by atoms with Gasteiger partial charge < -0.3 is 10.1 Å². The van der Waals surface area contributed by atoms with Gasteiger partial charge in [-0.15, -0.1) is 0 Å². The lowest BCUT2D eigenvalue weighted by Gasteiger charge is -2.28. The lowest BCUT2D eigenvalue weighted by Crippen LogP contribution is -2.27. The van der Waals surface area contributed by atoms with E-state index in [4.69, 9.17) is 4.74 Å².